The van der Waals surface area contributed by atoms with E-state index in [1.807, 2.05) is 0 Å². The molecule has 0 heterocycles. The summed E-state index contributed by atoms with van der Waals surface area (Å²) in [6.07, 6.45) is 58.4. The molecule has 0 aromatic heterocycles. The van der Waals surface area contributed by atoms with Crippen molar-refractivity contribution in [2.45, 2.75) is 284 Å². The van der Waals surface area contributed by atoms with Crippen LogP contribution in [0.4, 0.5) is 0 Å². The third-order valence-corrected chi connectivity index (χ3v) is 11.6. The fourth-order valence-electron chi connectivity index (χ4n) is 7.63. The second kappa shape index (κ2) is 50.3. The van der Waals surface area contributed by atoms with Gasteiger partial charge in [0, 0.05) is 19.3 Å². The Balaban J connectivity index is 4.35. The van der Waals surface area contributed by atoms with Crippen molar-refractivity contribution in [1.82, 2.24) is 0 Å². The van der Waals surface area contributed by atoms with Gasteiger partial charge < -0.3 is 14.2 Å². The summed E-state index contributed by atoms with van der Waals surface area (Å²) in [5.41, 5.74) is 0. The molecule has 0 aliphatic rings. The average Bonchev–Trinajstić information content (AvgIpc) is 3.26. The molecular formula is C55H100O6. The van der Waals surface area contributed by atoms with Gasteiger partial charge in [0.15, 0.2) is 6.10 Å². The number of esters is 3. The van der Waals surface area contributed by atoms with Crippen LogP contribution in [0.3, 0.4) is 0 Å². The van der Waals surface area contributed by atoms with E-state index in [1.165, 1.54) is 154 Å². The summed E-state index contributed by atoms with van der Waals surface area (Å²) in [7, 11) is 0. The van der Waals surface area contributed by atoms with Gasteiger partial charge in [0.2, 0.25) is 0 Å². The van der Waals surface area contributed by atoms with Crippen molar-refractivity contribution >= 4 is 17.9 Å². The summed E-state index contributed by atoms with van der Waals surface area (Å²) in [5, 5.41) is 0. The summed E-state index contributed by atoms with van der Waals surface area (Å²) < 4.78 is 16.8. The van der Waals surface area contributed by atoms with E-state index in [1.54, 1.807) is 0 Å². The van der Waals surface area contributed by atoms with Crippen LogP contribution in [0.2, 0.25) is 0 Å². The molecule has 0 rings (SSSR count). The lowest BCUT2D eigenvalue weighted by atomic mass is 10.0. The first-order valence-corrected chi connectivity index (χ1v) is 26.5. The van der Waals surface area contributed by atoms with Crippen LogP contribution < -0.4 is 0 Å². The van der Waals surface area contributed by atoms with E-state index in [0.717, 1.165) is 83.5 Å². The summed E-state index contributed by atoms with van der Waals surface area (Å²) in [6, 6.07) is 0. The molecule has 0 aromatic carbocycles. The molecule has 0 N–H and O–H groups in total. The van der Waals surface area contributed by atoms with Crippen LogP contribution in [0.5, 0.6) is 0 Å². The van der Waals surface area contributed by atoms with Crippen molar-refractivity contribution in [3.8, 4) is 0 Å². The first kappa shape index (κ1) is 58.6. The maximum Gasteiger partial charge on any atom is 0.306 e. The van der Waals surface area contributed by atoms with Crippen molar-refractivity contribution in [3.05, 3.63) is 36.5 Å². The van der Waals surface area contributed by atoms with Gasteiger partial charge in [0.25, 0.3) is 0 Å². The van der Waals surface area contributed by atoms with Gasteiger partial charge in [0.05, 0.1) is 0 Å². The lowest BCUT2D eigenvalue weighted by molar-refractivity contribution is -0.167. The van der Waals surface area contributed by atoms with Gasteiger partial charge in [-0.15, -0.1) is 0 Å². The Kier molecular flexibility index (Phi) is 48.3. The standard InChI is InChI=1S/C55H100O6/c1-4-7-10-13-16-19-22-24-26-27-29-31-34-36-39-42-45-48-54(57)60-51-52(61-55(58)49-46-43-40-37-32-21-18-15-12-9-6-3)50-59-53(56)47-44-41-38-35-33-30-28-25-23-20-17-14-11-8-5-2/h16,19,24,26,29,31,52H,4-15,17-18,20-23,25,27-28,30,32-51H2,1-3H3/b19-16-,26-24-,31-29-/t52-/m0/s1. The highest BCUT2D eigenvalue weighted by Gasteiger charge is 2.19. The van der Waals surface area contributed by atoms with Crippen LogP contribution in [0.15, 0.2) is 36.5 Å². The zero-order valence-corrected chi connectivity index (χ0v) is 40.7. The maximum atomic E-state index is 12.8. The summed E-state index contributed by atoms with van der Waals surface area (Å²) >= 11 is 0. The molecule has 6 heteroatoms. The van der Waals surface area contributed by atoms with Gasteiger partial charge in [0.1, 0.15) is 13.2 Å². The fraction of sp³-hybridized carbons (Fsp3) is 0.836. The zero-order valence-electron chi connectivity index (χ0n) is 40.7. The maximum absolute atomic E-state index is 12.8. The fourth-order valence-corrected chi connectivity index (χ4v) is 7.63. The van der Waals surface area contributed by atoms with Crippen molar-refractivity contribution in [3.63, 3.8) is 0 Å². The highest BCUT2D eigenvalue weighted by Crippen LogP contribution is 2.16. The second-order valence-corrected chi connectivity index (χ2v) is 17.8. The number of unbranched alkanes of at least 4 members (excludes halogenated alkanes) is 31. The number of ether oxygens (including phenoxy) is 3. The van der Waals surface area contributed by atoms with Gasteiger partial charge >= 0.3 is 17.9 Å². The number of carbonyl (C=O) groups excluding carboxylic acids is 3. The molecule has 61 heavy (non-hydrogen) atoms. The van der Waals surface area contributed by atoms with Crippen LogP contribution >= 0.6 is 0 Å². The second-order valence-electron chi connectivity index (χ2n) is 17.8. The number of allylic oxidation sites excluding steroid dienone is 6. The number of hydrogen-bond acceptors (Lipinski definition) is 6. The van der Waals surface area contributed by atoms with E-state index < -0.39 is 6.10 Å². The lowest BCUT2D eigenvalue weighted by Crippen LogP contribution is -2.30. The first-order chi connectivity index (χ1) is 30.0. The van der Waals surface area contributed by atoms with E-state index in [2.05, 4.69) is 57.2 Å². The Hall–Kier alpha value is -2.37. The Labute approximate surface area is 378 Å². The van der Waals surface area contributed by atoms with Crippen LogP contribution in [0.25, 0.3) is 0 Å². The monoisotopic (exact) mass is 857 g/mol. The summed E-state index contributed by atoms with van der Waals surface area (Å²) in [5.74, 6) is -0.886. The Morgan fingerprint density at radius 2 is 0.590 bits per heavy atom. The van der Waals surface area contributed by atoms with Crippen LogP contribution in [0.1, 0.15) is 278 Å². The molecule has 0 spiro atoms. The summed E-state index contributed by atoms with van der Waals surface area (Å²) in [4.78, 5) is 38.0. The molecule has 0 aliphatic carbocycles. The normalized spacial score (nSPS) is 12.2. The van der Waals surface area contributed by atoms with Gasteiger partial charge in [-0.3, -0.25) is 14.4 Å². The molecule has 1 atom stereocenters. The van der Waals surface area contributed by atoms with E-state index in [9.17, 15) is 14.4 Å². The predicted octanol–water partition coefficient (Wildman–Crippen LogP) is 17.3. The predicted molar refractivity (Wildman–Crippen MR) is 261 cm³/mol. The van der Waals surface area contributed by atoms with E-state index in [0.29, 0.717) is 19.3 Å². The lowest BCUT2D eigenvalue weighted by Gasteiger charge is -2.18. The first-order valence-electron chi connectivity index (χ1n) is 26.5. The minimum Gasteiger partial charge on any atom is -0.462 e. The van der Waals surface area contributed by atoms with Crippen molar-refractivity contribution in [1.29, 1.82) is 0 Å². The number of rotatable bonds is 48. The smallest absolute Gasteiger partial charge is 0.306 e. The molecule has 0 amide bonds. The average molecular weight is 857 g/mol. The minimum absolute atomic E-state index is 0.0751. The van der Waals surface area contributed by atoms with E-state index >= 15 is 0 Å². The van der Waals surface area contributed by atoms with Crippen molar-refractivity contribution < 1.29 is 28.6 Å². The zero-order chi connectivity index (χ0) is 44.4. The SMILES string of the molecule is CCCCC/C=C\C/C=C\C/C=C\CCCCCCC(=O)OC[C@H](COC(=O)CCCCCCCCCCCCCCCCC)OC(=O)CCCCCCCCCCCCC. The van der Waals surface area contributed by atoms with Gasteiger partial charge in [-0.25, -0.2) is 0 Å². The molecule has 0 saturated carbocycles. The highest BCUT2D eigenvalue weighted by atomic mass is 16.6. The quantitative estimate of drug-likeness (QED) is 0.0262. The van der Waals surface area contributed by atoms with Crippen LogP contribution in [-0.4, -0.2) is 37.2 Å². The minimum atomic E-state index is -0.775. The molecule has 0 fully saturated rings. The Morgan fingerprint density at radius 3 is 0.951 bits per heavy atom. The molecule has 356 valence electrons. The van der Waals surface area contributed by atoms with E-state index in [-0.39, 0.29) is 31.1 Å². The van der Waals surface area contributed by atoms with Gasteiger partial charge in [-0.2, -0.15) is 0 Å². The third kappa shape index (κ3) is 48.5. The molecule has 0 bridgehead atoms. The molecule has 0 unspecified atom stereocenters. The van der Waals surface area contributed by atoms with Crippen LogP contribution in [0, 0.1) is 0 Å². The van der Waals surface area contributed by atoms with Crippen molar-refractivity contribution in [2.24, 2.45) is 0 Å². The highest BCUT2D eigenvalue weighted by molar-refractivity contribution is 5.71. The van der Waals surface area contributed by atoms with Crippen LogP contribution in [-0.2, 0) is 28.6 Å². The molecule has 0 saturated heterocycles. The Morgan fingerprint density at radius 1 is 0.328 bits per heavy atom. The Bertz CT molecular complexity index is 1030. The largest absolute Gasteiger partial charge is 0.462 e. The summed E-state index contributed by atoms with van der Waals surface area (Å²) in [6.45, 7) is 6.61. The number of carbonyl (C=O) groups is 3. The topological polar surface area (TPSA) is 78.9 Å². The van der Waals surface area contributed by atoms with Gasteiger partial charge in [-0.1, -0.05) is 237 Å². The van der Waals surface area contributed by atoms with Crippen molar-refractivity contribution in [2.75, 3.05) is 13.2 Å². The molecule has 0 aliphatic heterocycles. The molecule has 0 aromatic rings. The third-order valence-electron chi connectivity index (χ3n) is 11.6. The molecular weight excluding hydrogens is 757 g/mol. The number of hydrogen-bond donors (Lipinski definition) is 0. The van der Waals surface area contributed by atoms with Gasteiger partial charge in [-0.05, 0) is 57.8 Å². The molecule has 0 radical (unpaired) electrons. The molecule has 6 nitrogen and oxygen atoms in total. The van der Waals surface area contributed by atoms with E-state index in [4.69, 9.17) is 14.2 Å².